The summed E-state index contributed by atoms with van der Waals surface area (Å²) in [6, 6.07) is 2.71. The van der Waals surface area contributed by atoms with E-state index >= 15 is 0 Å². The molecule has 1 aliphatic carbocycles. The second kappa shape index (κ2) is 7.38. The van der Waals surface area contributed by atoms with Crippen molar-refractivity contribution in [2.45, 2.75) is 71.4 Å². The average molecular weight is 291 g/mol. The molecule has 0 bridgehead atoms. The maximum atomic E-state index is 11.6. The van der Waals surface area contributed by atoms with E-state index in [9.17, 15) is 4.79 Å². The van der Waals surface area contributed by atoms with Crippen LogP contribution in [0, 0.1) is 13.8 Å². The van der Waals surface area contributed by atoms with Gasteiger partial charge in [0.25, 0.3) is 0 Å². The Hall–Kier alpha value is -1.65. The first-order chi connectivity index (χ1) is 10.1. The number of nitrogens with one attached hydrogen (secondary N) is 1. The molecule has 0 spiro atoms. The topological polar surface area (TPSA) is 64.1 Å². The third-order valence-electron chi connectivity index (χ3n) is 3.75. The molecule has 1 N–H and O–H groups in total. The van der Waals surface area contributed by atoms with Gasteiger partial charge in [0.2, 0.25) is 5.91 Å². The largest absolute Gasteiger partial charge is 0.460 e. The van der Waals surface area contributed by atoms with Crippen molar-refractivity contribution in [2.24, 2.45) is 0 Å². The molecule has 1 saturated carbocycles. The van der Waals surface area contributed by atoms with Gasteiger partial charge in [0, 0.05) is 23.9 Å². The number of aryl methyl sites for hydroxylation is 2. The van der Waals surface area contributed by atoms with Gasteiger partial charge in [-0.05, 0) is 52.0 Å². The number of aromatic nitrogens is 2. The van der Waals surface area contributed by atoms with Crippen molar-refractivity contribution in [3.05, 3.63) is 17.5 Å². The second-order valence-corrected chi connectivity index (χ2v) is 5.84. The van der Waals surface area contributed by atoms with E-state index in [0.717, 1.165) is 43.5 Å². The Morgan fingerprint density at radius 2 is 1.86 bits per heavy atom. The molecule has 1 aromatic heterocycles. The molecule has 1 aliphatic rings. The summed E-state index contributed by atoms with van der Waals surface area (Å²) in [5.41, 5.74) is 1.86. The lowest BCUT2D eigenvalue weighted by atomic mass is 9.93. The van der Waals surface area contributed by atoms with Crippen molar-refractivity contribution >= 4 is 5.91 Å². The van der Waals surface area contributed by atoms with Crippen LogP contribution in [0.3, 0.4) is 0 Å². The van der Waals surface area contributed by atoms with Gasteiger partial charge >= 0.3 is 6.01 Å². The van der Waals surface area contributed by atoms with Gasteiger partial charge in [0.1, 0.15) is 6.10 Å². The predicted octanol–water partition coefficient (Wildman–Crippen LogP) is 2.70. The quantitative estimate of drug-likeness (QED) is 0.906. The first kappa shape index (κ1) is 15.7. The van der Waals surface area contributed by atoms with E-state index in [1.807, 2.05) is 26.8 Å². The van der Waals surface area contributed by atoms with Crippen LogP contribution in [0.15, 0.2) is 6.07 Å². The first-order valence-corrected chi connectivity index (χ1v) is 7.85. The van der Waals surface area contributed by atoms with Crippen molar-refractivity contribution in [3.8, 4) is 6.01 Å². The zero-order valence-corrected chi connectivity index (χ0v) is 13.2. The van der Waals surface area contributed by atoms with Gasteiger partial charge in [0.15, 0.2) is 0 Å². The SMILES string of the molecule is CCCC(=O)NC1CCC(Oc2nc(C)cc(C)n2)CC1. The highest BCUT2D eigenvalue weighted by molar-refractivity contribution is 5.76. The van der Waals surface area contributed by atoms with E-state index in [0.29, 0.717) is 18.5 Å². The van der Waals surface area contributed by atoms with E-state index in [-0.39, 0.29) is 12.0 Å². The molecular formula is C16H25N3O2. The second-order valence-electron chi connectivity index (χ2n) is 5.84. The molecule has 1 fully saturated rings. The molecule has 21 heavy (non-hydrogen) atoms. The fraction of sp³-hybridized carbons (Fsp3) is 0.688. The Bertz CT molecular complexity index is 462. The Kier molecular flexibility index (Phi) is 5.53. The van der Waals surface area contributed by atoms with Gasteiger partial charge in [-0.25, -0.2) is 9.97 Å². The highest BCUT2D eigenvalue weighted by Crippen LogP contribution is 2.22. The molecule has 1 heterocycles. The number of carbonyl (C=O) groups excluding carboxylic acids is 1. The van der Waals surface area contributed by atoms with Crippen LogP contribution >= 0.6 is 0 Å². The fourth-order valence-corrected chi connectivity index (χ4v) is 2.75. The van der Waals surface area contributed by atoms with E-state index < -0.39 is 0 Å². The summed E-state index contributed by atoms with van der Waals surface area (Å²) in [6.45, 7) is 5.91. The lowest BCUT2D eigenvalue weighted by Crippen LogP contribution is -2.39. The van der Waals surface area contributed by atoms with Crippen LogP contribution in [0.1, 0.15) is 56.8 Å². The van der Waals surface area contributed by atoms with Crippen LogP contribution in [-0.2, 0) is 4.79 Å². The minimum absolute atomic E-state index is 0.158. The standard InChI is InChI=1S/C16H25N3O2/c1-4-5-15(20)19-13-6-8-14(9-7-13)21-16-17-11(2)10-12(3)18-16/h10,13-14H,4-9H2,1-3H3,(H,19,20). The van der Waals surface area contributed by atoms with Gasteiger partial charge in [-0.15, -0.1) is 0 Å². The van der Waals surface area contributed by atoms with Gasteiger partial charge in [-0.1, -0.05) is 6.92 Å². The minimum Gasteiger partial charge on any atom is -0.460 e. The summed E-state index contributed by atoms with van der Waals surface area (Å²) < 4.78 is 5.88. The molecule has 0 aromatic carbocycles. The zero-order chi connectivity index (χ0) is 15.2. The smallest absolute Gasteiger partial charge is 0.317 e. The summed E-state index contributed by atoms with van der Waals surface area (Å²) >= 11 is 0. The van der Waals surface area contributed by atoms with Crippen molar-refractivity contribution in [1.29, 1.82) is 0 Å². The highest BCUT2D eigenvalue weighted by Gasteiger charge is 2.24. The predicted molar refractivity (Wildman–Crippen MR) is 81.2 cm³/mol. The molecule has 5 nitrogen and oxygen atoms in total. The molecule has 0 atom stereocenters. The van der Waals surface area contributed by atoms with Gasteiger partial charge in [-0.2, -0.15) is 0 Å². The zero-order valence-electron chi connectivity index (χ0n) is 13.2. The normalized spacial score (nSPS) is 21.9. The van der Waals surface area contributed by atoms with Gasteiger partial charge < -0.3 is 10.1 Å². The van der Waals surface area contributed by atoms with E-state index in [4.69, 9.17) is 4.74 Å². The van der Waals surface area contributed by atoms with Gasteiger partial charge in [-0.3, -0.25) is 4.79 Å². The number of hydrogen-bond donors (Lipinski definition) is 1. The van der Waals surface area contributed by atoms with E-state index in [1.165, 1.54) is 0 Å². The Labute approximate surface area is 126 Å². The van der Waals surface area contributed by atoms with Crippen LogP contribution in [0.25, 0.3) is 0 Å². The number of rotatable bonds is 5. The van der Waals surface area contributed by atoms with Crippen molar-refractivity contribution in [2.75, 3.05) is 0 Å². The first-order valence-electron chi connectivity index (χ1n) is 7.85. The van der Waals surface area contributed by atoms with Crippen LogP contribution in [0.4, 0.5) is 0 Å². The Balaban J connectivity index is 1.80. The van der Waals surface area contributed by atoms with Crippen molar-refractivity contribution < 1.29 is 9.53 Å². The number of amides is 1. The summed E-state index contributed by atoms with van der Waals surface area (Å²) in [6.07, 6.45) is 5.48. The van der Waals surface area contributed by atoms with Crippen LogP contribution in [0.5, 0.6) is 6.01 Å². The summed E-state index contributed by atoms with van der Waals surface area (Å²) in [5.74, 6) is 0.166. The van der Waals surface area contributed by atoms with Crippen LogP contribution in [-0.4, -0.2) is 28.0 Å². The minimum atomic E-state index is 0.158. The lowest BCUT2D eigenvalue weighted by Gasteiger charge is -2.29. The van der Waals surface area contributed by atoms with Crippen molar-refractivity contribution in [3.63, 3.8) is 0 Å². The lowest BCUT2D eigenvalue weighted by molar-refractivity contribution is -0.122. The maximum absolute atomic E-state index is 11.6. The third-order valence-corrected chi connectivity index (χ3v) is 3.75. The maximum Gasteiger partial charge on any atom is 0.317 e. The summed E-state index contributed by atoms with van der Waals surface area (Å²) in [4.78, 5) is 20.2. The average Bonchev–Trinajstić information content (AvgIpc) is 2.40. The third kappa shape index (κ3) is 4.99. The Morgan fingerprint density at radius 1 is 1.24 bits per heavy atom. The van der Waals surface area contributed by atoms with E-state index in [1.54, 1.807) is 0 Å². The molecular weight excluding hydrogens is 266 g/mol. The number of ether oxygens (including phenoxy) is 1. The van der Waals surface area contributed by atoms with E-state index in [2.05, 4.69) is 15.3 Å². The van der Waals surface area contributed by atoms with Crippen LogP contribution < -0.4 is 10.1 Å². The molecule has 1 aromatic rings. The molecule has 5 heteroatoms. The molecule has 0 saturated heterocycles. The molecule has 0 radical (unpaired) electrons. The number of carbonyl (C=O) groups is 1. The Morgan fingerprint density at radius 3 is 2.43 bits per heavy atom. The fourth-order valence-electron chi connectivity index (χ4n) is 2.75. The summed E-state index contributed by atoms with van der Waals surface area (Å²) in [5, 5.41) is 3.10. The molecule has 1 amide bonds. The molecule has 116 valence electrons. The number of hydrogen-bond acceptors (Lipinski definition) is 4. The van der Waals surface area contributed by atoms with Crippen molar-refractivity contribution in [1.82, 2.24) is 15.3 Å². The molecule has 0 aliphatic heterocycles. The summed E-state index contributed by atoms with van der Waals surface area (Å²) in [7, 11) is 0. The van der Waals surface area contributed by atoms with Gasteiger partial charge in [0.05, 0.1) is 0 Å². The molecule has 0 unspecified atom stereocenters. The molecule has 2 rings (SSSR count). The van der Waals surface area contributed by atoms with Crippen LogP contribution in [0.2, 0.25) is 0 Å². The highest BCUT2D eigenvalue weighted by atomic mass is 16.5. The monoisotopic (exact) mass is 291 g/mol. The number of nitrogens with zero attached hydrogens (tertiary/aromatic N) is 2.